The van der Waals surface area contributed by atoms with Gasteiger partial charge in [-0.1, -0.05) is 55.5 Å². The van der Waals surface area contributed by atoms with Gasteiger partial charge in [-0.3, -0.25) is 0 Å². The average molecular weight is 256 g/mol. The van der Waals surface area contributed by atoms with Crippen LogP contribution < -0.4 is 0 Å². The third kappa shape index (κ3) is 3.43. The molecule has 0 atom stereocenters. The second-order valence-electron chi connectivity index (χ2n) is 4.44. The average Bonchev–Trinajstić information content (AvgIpc) is 2.48. The molecule has 2 nitrogen and oxygen atoms in total. The minimum Gasteiger partial charge on any atom is -0.394 e. The number of benzene rings is 2. The summed E-state index contributed by atoms with van der Waals surface area (Å²) in [5.74, 6) is 0. The normalized spacial score (nSPS) is 10.6. The zero-order valence-electron chi connectivity index (χ0n) is 11.3. The molecule has 0 aliphatic carbocycles. The van der Waals surface area contributed by atoms with E-state index in [0.29, 0.717) is 13.2 Å². The Morgan fingerprint density at radius 2 is 1.47 bits per heavy atom. The maximum Gasteiger partial charge on any atom is 0.0724 e. The van der Waals surface area contributed by atoms with Crippen molar-refractivity contribution in [3.8, 4) is 11.1 Å². The summed E-state index contributed by atoms with van der Waals surface area (Å²) in [5.41, 5.74) is 5.00. The van der Waals surface area contributed by atoms with Crippen LogP contribution in [0.2, 0.25) is 0 Å². The Kier molecular flexibility index (Phi) is 5.13. The Morgan fingerprint density at radius 1 is 0.895 bits per heavy atom. The van der Waals surface area contributed by atoms with Crippen LogP contribution in [0.25, 0.3) is 11.1 Å². The highest BCUT2D eigenvalue weighted by molar-refractivity contribution is 5.70. The summed E-state index contributed by atoms with van der Waals surface area (Å²) in [7, 11) is 0. The number of aliphatic hydroxyl groups excluding tert-OH is 1. The van der Waals surface area contributed by atoms with Crippen molar-refractivity contribution in [3.05, 3.63) is 59.7 Å². The number of aliphatic hydroxyl groups is 1. The molecule has 2 aromatic rings. The van der Waals surface area contributed by atoms with E-state index < -0.39 is 0 Å². The van der Waals surface area contributed by atoms with Crippen molar-refractivity contribution >= 4 is 0 Å². The number of rotatable bonds is 6. The molecule has 100 valence electrons. The molecule has 19 heavy (non-hydrogen) atoms. The van der Waals surface area contributed by atoms with E-state index in [1.165, 1.54) is 16.7 Å². The summed E-state index contributed by atoms with van der Waals surface area (Å²) in [6, 6.07) is 16.8. The van der Waals surface area contributed by atoms with E-state index in [1.54, 1.807) is 0 Å². The third-order valence-corrected chi connectivity index (χ3v) is 3.20. The highest BCUT2D eigenvalue weighted by atomic mass is 16.5. The molecule has 0 bridgehead atoms. The van der Waals surface area contributed by atoms with Gasteiger partial charge in [0.15, 0.2) is 0 Å². The molecule has 0 radical (unpaired) electrons. The van der Waals surface area contributed by atoms with E-state index in [-0.39, 0.29) is 6.61 Å². The first-order valence-corrected chi connectivity index (χ1v) is 6.71. The summed E-state index contributed by atoms with van der Waals surface area (Å²) in [6.45, 7) is 3.15. The van der Waals surface area contributed by atoms with Crippen molar-refractivity contribution < 1.29 is 9.84 Å². The van der Waals surface area contributed by atoms with Crippen molar-refractivity contribution in [1.29, 1.82) is 0 Å². The van der Waals surface area contributed by atoms with Crippen molar-refractivity contribution in [3.63, 3.8) is 0 Å². The van der Waals surface area contributed by atoms with Crippen LogP contribution in [0.5, 0.6) is 0 Å². The fraction of sp³-hybridized carbons (Fsp3) is 0.294. The molecule has 2 aromatic carbocycles. The SMILES string of the molecule is CCc1ccccc1-c1ccccc1COCCO. The van der Waals surface area contributed by atoms with Gasteiger partial charge in [0.05, 0.1) is 19.8 Å². The van der Waals surface area contributed by atoms with Crippen LogP contribution in [0.4, 0.5) is 0 Å². The summed E-state index contributed by atoms with van der Waals surface area (Å²) < 4.78 is 5.45. The van der Waals surface area contributed by atoms with E-state index in [2.05, 4.69) is 49.4 Å². The van der Waals surface area contributed by atoms with Crippen LogP contribution in [-0.4, -0.2) is 18.3 Å². The van der Waals surface area contributed by atoms with Gasteiger partial charge in [0.1, 0.15) is 0 Å². The topological polar surface area (TPSA) is 29.5 Å². The molecule has 1 N–H and O–H groups in total. The van der Waals surface area contributed by atoms with Gasteiger partial charge < -0.3 is 9.84 Å². The van der Waals surface area contributed by atoms with E-state index in [0.717, 1.165) is 12.0 Å². The van der Waals surface area contributed by atoms with Gasteiger partial charge >= 0.3 is 0 Å². The van der Waals surface area contributed by atoms with Gasteiger partial charge in [-0.25, -0.2) is 0 Å². The van der Waals surface area contributed by atoms with Gasteiger partial charge in [0.25, 0.3) is 0 Å². The number of aryl methyl sites for hydroxylation is 1. The Balaban J connectivity index is 2.33. The summed E-state index contributed by atoms with van der Waals surface area (Å²) in [6.07, 6.45) is 1.02. The predicted octanol–water partition coefficient (Wildman–Crippen LogP) is 3.42. The molecule has 0 aromatic heterocycles. The lowest BCUT2D eigenvalue weighted by molar-refractivity contribution is 0.0818. The first-order valence-electron chi connectivity index (χ1n) is 6.71. The lowest BCUT2D eigenvalue weighted by Gasteiger charge is -2.13. The van der Waals surface area contributed by atoms with Gasteiger partial charge in [0.2, 0.25) is 0 Å². The molecule has 0 aliphatic rings. The van der Waals surface area contributed by atoms with Crippen molar-refractivity contribution in [2.45, 2.75) is 20.0 Å². The molecule has 0 fully saturated rings. The lowest BCUT2D eigenvalue weighted by atomic mass is 9.94. The molecule has 0 saturated carbocycles. The molecular formula is C17H20O2. The van der Waals surface area contributed by atoms with Gasteiger partial charge in [0, 0.05) is 0 Å². The predicted molar refractivity (Wildman–Crippen MR) is 78.0 cm³/mol. The summed E-state index contributed by atoms with van der Waals surface area (Å²) in [4.78, 5) is 0. The Morgan fingerprint density at radius 3 is 2.11 bits per heavy atom. The van der Waals surface area contributed by atoms with Crippen LogP contribution >= 0.6 is 0 Å². The summed E-state index contributed by atoms with van der Waals surface area (Å²) >= 11 is 0. The molecule has 0 heterocycles. The maximum absolute atomic E-state index is 8.79. The first kappa shape index (κ1) is 13.8. The fourth-order valence-electron chi connectivity index (χ4n) is 2.25. The maximum atomic E-state index is 8.79. The Hall–Kier alpha value is -1.64. The zero-order valence-corrected chi connectivity index (χ0v) is 11.3. The zero-order chi connectivity index (χ0) is 13.5. The van der Waals surface area contributed by atoms with Gasteiger partial charge in [-0.15, -0.1) is 0 Å². The van der Waals surface area contributed by atoms with Gasteiger partial charge in [-0.05, 0) is 28.7 Å². The number of ether oxygens (including phenoxy) is 1. The highest BCUT2D eigenvalue weighted by Crippen LogP contribution is 2.27. The molecule has 0 aliphatic heterocycles. The first-order chi connectivity index (χ1) is 9.36. The molecule has 0 amide bonds. The van der Waals surface area contributed by atoms with Gasteiger partial charge in [-0.2, -0.15) is 0 Å². The Labute approximate surface area is 114 Å². The minimum atomic E-state index is 0.0632. The molecular weight excluding hydrogens is 236 g/mol. The monoisotopic (exact) mass is 256 g/mol. The van der Waals surface area contributed by atoms with E-state index in [9.17, 15) is 0 Å². The van der Waals surface area contributed by atoms with Crippen LogP contribution in [-0.2, 0) is 17.8 Å². The standard InChI is InChI=1S/C17H20O2/c1-2-14-7-3-5-9-16(14)17-10-6-4-8-15(17)13-19-12-11-18/h3-10,18H,2,11-13H2,1H3. The number of hydrogen-bond donors (Lipinski definition) is 1. The third-order valence-electron chi connectivity index (χ3n) is 3.20. The van der Waals surface area contributed by atoms with Crippen LogP contribution in [0.3, 0.4) is 0 Å². The smallest absolute Gasteiger partial charge is 0.0724 e. The van der Waals surface area contributed by atoms with Crippen LogP contribution in [0.1, 0.15) is 18.1 Å². The van der Waals surface area contributed by atoms with E-state index in [4.69, 9.17) is 9.84 Å². The minimum absolute atomic E-state index is 0.0632. The van der Waals surface area contributed by atoms with Crippen molar-refractivity contribution in [2.24, 2.45) is 0 Å². The molecule has 2 rings (SSSR count). The second kappa shape index (κ2) is 7.07. The van der Waals surface area contributed by atoms with E-state index >= 15 is 0 Å². The lowest BCUT2D eigenvalue weighted by Crippen LogP contribution is -2.01. The molecule has 0 spiro atoms. The van der Waals surface area contributed by atoms with E-state index in [1.807, 2.05) is 6.07 Å². The second-order valence-corrected chi connectivity index (χ2v) is 4.44. The molecule has 0 saturated heterocycles. The Bertz CT molecular complexity index is 520. The summed E-state index contributed by atoms with van der Waals surface area (Å²) in [5, 5.41) is 8.79. The van der Waals surface area contributed by atoms with Crippen LogP contribution in [0, 0.1) is 0 Å². The van der Waals surface area contributed by atoms with Crippen molar-refractivity contribution in [1.82, 2.24) is 0 Å². The number of hydrogen-bond acceptors (Lipinski definition) is 2. The van der Waals surface area contributed by atoms with Crippen LogP contribution in [0.15, 0.2) is 48.5 Å². The fourth-order valence-corrected chi connectivity index (χ4v) is 2.25. The molecule has 2 heteroatoms. The quantitative estimate of drug-likeness (QED) is 0.802. The highest BCUT2D eigenvalue weighted by Gasteiger charge is 2.07. The van der Waals surface area contributed by atoms with Crippen molar-refractivity contribution in [2.75, 3.05) is 13.2 Å². The largest absolute Gasteiger partial charge is 0.394 e. The molecule has 0 unspecified atom stereocenters.